The van der Waals surface area contributed by atoms with E-state index in [1.54, 1.807) is 18.2 Å². The van der Waals surface area contributed by atoms with E-state index >= 15 is 0 Å². The number of aromatic nitrogens is 4. The zero-order valence-electron chi connectivity index (χ0n) is 12.4. The van der Waals surface area contributed by atoms with Crippen LogP contribution < -0.4 is 11.0 Å². The van der Waals surface area contributed by atoms with Gasteiger partial charge in [0, 0.05) is 16.8 Å². The van der Waals surface area contributed by atoms with Gasteiger partial charge in [-0.15, -0.1) is 0 Å². The van der Waals surface area contributed by atoms with Gasteiger partial charge < -0.3 is 0 Å². The van der Waals surface area contributed by atoms with Crippen molar-refractivity contribution in [3.05, 3.63) is 52.2 Å². The fourth-order valence-electron chi connectivity index (χ4n) is 2.21. The summed E-state index contributed by atoms with van der Waals surface area (Å²) in [6.07, 6.45) is 3.70. The van der Waals surface area contributed by atoms with Crippen molar-refractivity contribution < 1.29 is 4.79 Å². The van der Waals surface area contributed by atoms with Crippen molar-refractivity contribution in [3.63, 3.8) is 0 Å². The van der Waals surface area contributed by atoms with Crippen LogP contribution in [0.1, 0.15) is 12.8 Å². The molecule has 0 aliphatic carbocycles. The topological polar surface area (TPSA) is 81.8 Å². The summed E-state index contributed by atoms with van der Waals surface area (Å²) in [6.45, 7) is 0. The minimum atomic E-state index is -0.388. The molecule has 7 nitrogen and oxygen atoms in total. The maximum absolute atomic E-state index is 12.5. The van der Waals surface area contributed by atoms with E-state index in [0.29, 0.717) is 34.6 Å². The van der Waals surface area contributed by atoms with Crippen LogP contribution in [0.5, 0.6) is 0 Å². The lowest BCUT2D eigenvalue weighted by Crippen LogP contribution is -2.33. The molecule has 1 aromatic carbocycles. The second-order valence-electron chi connectivity index (χ2n) is 5.02. The molecule has 1 amide bonds. The molecular weight excluding hydrogens is 398 g/mol. The number of nitrogens with one attached hydrogen (secondary N) is 1. The van der Waals surface area contributed by atoms with Gasteiger partial charge in [-0.2, -0.15) is 5.10 Å². The minimum Gasteiger partial charge on any atom is -0.273 e. The number of benzene rings is 1. The molecule has 2 heterocycles. The third kappa shape index (κ3) is 3.34. The molecule has 0 fully saturated rings. The Hall–Kier alpha value is -2.19. The number of hydrogen-bond acceptors (Lipinski definition) is 4. The Kier molecular flexibility index (Phi) is 4.96. The van der Waals surface area contributed by atoms with Crippen LogP contribution in [0, 0.1) is 0 Å². The second kappa shape index (κ2) is 7.14. The van der Waals surface area contributed by atoms with Crippen molar-refractivity contribution in [2.75, 3.05) is 10.8 Å². The summed E-state index contributed by atoms with van der Waals surface area (Å²) >= 11 is 9.25. The molecule has 2 aromatic heterocycles. The molecule has 0 saturated heterocycles. The Balaban J connectivity index is 1.97. The average Bonchev–Trinajstić information content (AvgIpc) is 3.00. The fourth-order valence-corrected chi connectivity index (χ4v) is 2.67. The van der Waals surface area contributed by atoms with E-state index in [2.05, 4.69) is 31.4 Å². The van der Waals surface area contributed by atoms with E-state index < -0.39 is 0 Å². The molecule has 0 aliphatic rings. The Morgan fingerprint density at radius 3 is 2.96 bits per heavy atom. The van der Waals surface area contributed by atoms with Gasteiger partial charge in [0.2, 0.25) is 5.91 Å². The summed E-state index contributed by atoms with van der Waals surface area (Å²) in [5.41, 5.74) is 3.22. The molecule has 0 aliphatic heterocycles. The summed E-state index contributed by atoms with van der Waals surface area (Å²) in [5, 5.41) is 5.78. The highest BCUT2D eigenvalue weighted by atomic mass is 79.9. The predicted octanol–water partition coefficient (Wildman–Crippen LogP) is 2.48. The molecule has 0 spiro atoms. The zero-order chi connectivity index (χ0) is 17.1. The van der Waals surface area contributed by atoms with E-state index in [1.807, 2.05) is 6.07 Å². The molecule has 0 atom stereocenters. The van der Waals surface area contributed by atoms with Gasteiger partial charge in [-0.1, -0.05) is 33.6 Å². The third-order valence-corrected chi connectivity index (χ3v) is 4.12. The second-order valence-corrected chi connectivity index (χ2v) is 6.25. The molecule has 0 saturated carbocycles. The van der Waals surface area contributed by atoms with E-state index in [9.17, 15) is 9.59 Å². The number of carbonyl (C=O) groups excluding carboxylic acids is 1. The molecule has 0 bridgehead atoms. The van der Waals surface area contributed by atoms with Crippen molar-refractivity contribution in [2.45, 2.75) is 12.8 Å². The molecule has 3 aromatic rings. The van der Waals surface area contributed by atoms with Crippen molar-refractivity contribution in [1.82, 2.24) is 19.4 Å². The summed E-state index contributed by atoms with van der Waals surface area (Å²) in [7, 11) is 0. The number of alkyl halides is 1. The van der Waals surface area contributed by atoms with Gasteiger partial charge in [0.1, 0.15) is 11.7 Å². The van der Waals surface area contributed by atoms with E-state index in [1.165, 1.54) is 17.2 Å². The van der Waals surface area contributed by atoms with Crippen molar-refractivity contribution in [1.29, 1.82) is 0 Å². The van der Waals surface area contributed by atoms with E-state index in [0.717, 1.165) is 10.0 Å². The van der Waals surface area contributed by atoms with E-state index in [4.69, 9.17) is 11.6 Å². The minimum absolute atomic E-state index is 0.250. The number of hydrogen-bond donors (Lipinski definition) is 1. The molecular formula is C15H13BrClN5O2. The third-order valence-electron chi connectivity index (χ3n) is 3.32. The van der Waals surface area contributed by atoms with Gasteiger partial charge in [0.05, 0.1) is 11.9 Å². The SMILES string of the molecule is O=C(CCCBr)Nn1cnc2c(cnn2-c2cccc(Cl)c2)c1=O. The largest absolute Gasteiger partial charge is 0.283 e. The molecule has 0 unspecified atom stereocenters. The number of carbonyl (C=O) groups is 1. The lowest BCUT2D eigenvalue weighted by molar-refractivity contribution is -0.117. The average molecular weight is 411 g/mol. The smallest absolute Gasteiger partial charge is 0.273 e. The Bertz CT molecular complexity index is 952. The predicted molar refractivity (Wildman–Crippen MR) is 95.5 cm³/mol. The molecule has 24 heavy (non-hydrogen) atoms. The summed E-state index contributed by atoms with van der Waals surface area (Å²) in [5.74, 6) is -0.250. The van der Waals surface area contributed by atoms with Crippen LogP contribution in [-0.4, -0.2) is 30.7 Å². The number of amides is 1. The number of rotatable bonds is 5. The highest BCUT2D eigenvalue weighted by Gasteiger charge is 2.12. The number of halogens is 2. The van der Waals surface area contributed by atoms with Crippen LogP contribution >= 0.6 is 27.5 Å². The van der Waals surface area contributed by atoms with Crippen molar-refractivity contribution >= 4 is 44.5 Å². The standard InChI is InChI=1S/C15H13BrClN5O2/c16-6-2-5-13(23)20-21-9-18-14-12(15(21)24)8-19-22(14)11-4-1-3-10(17)7-11/h1,3-4,7-9H,2,5-6H2,(H,20,23). The highest BCUT2D eigenvalue weighted by molar-refractivity contribution is 9.09. The van der Waals surface area contributed by atoms with E-state index in [-0.39, 0.29) is 11.5 Å². The first-order valence-corrected chi connectivity index (χ1v) is 8.67. The van der Waals surface area contributed by atoms with Crippen LogP contribution in [0.25, 0.3) is 16.7 Å². The maximum atomic E-state index is 12.5. The fraction of sp³-hybridized carbons (Fsp3) is 0.200. The number of fused-ring (bicyclic) bond motifs is 1. The normalized spacial score (nSPS) is 10.9. The lowest BCUT2D eigenvalue weighted by Gasteiger charge is -2.07. The highest BCUT2D eigenvalue weighted by Crippen LogP contribution is 2.17. The van der Waals surface area contributed by atoms with Crippen LogP contribution in [-0.2, 0) is 4.79 Å². The van der Waals surface area contributed by atoms with Crippen molar-refractivity contribution in [2.24, 2.45) is 0 Å². The van der Waals surface area contributed by atoms with Crippen LogP contribution in [0.3, 0.4) is 0 Å². The van der Waals surface area contributed by atoms with Gasteiger partial charge in [0.15, 0.2) is 5.65 Å². The monoisotopic (exact) mass is 409 g/mol. The van der Waals surface area contributed by atoms with Gasteiger partial charge in [-0.05, 0) is 24.6 Å². The molecule has 0 radical (unpaired) electrons. The van der Waals surface area contributed by atoms with Crippen LogP contribution in [0.4, 0.5) is 0 Å². The van der Waals surface area contributed by atoms with Crippen LogP contribution in [0.2, 0.25) is 5.02 Å². The summed E-state index contributed by atoms with van der Waals surface area (Å²) < 4.78 is 2.60. The Labute approximate surface area is 150 Å². The van der Waals surface area contributed by atoms with Crippen LogP contribution in [0.15, 0.2) is 41.6 Å². The molecule has 9 heteroatoms. The van der Waals surface area contributed by atoms with Gasteiger partial charge in [-0.3, -0.25) is 15.0 Å². The van der Waals surface area contributed by atoms with Crippen molar-refractivity contribution in [3.8, 4) is 5.69 Å². The summed E-state index contributed by atoms with van der Waals surface area (Å²) in [6, 6.07) is 7.08. The Morgan fingerprint density at radius 1 is 1.38 bits per heavy atom. The first kappa shape index (κ1) is 16.7. The Morgan fingerprint density at radius 2 is 2.21 bits per heavy atom. The van der Waals surface area contributed by atoms with Gasteiger partial charge >= 0.3 is 0 Å². The number of nitrogens with zero attached hydrogens (tertiary/aromatic N) is 4. The molecule has 3 rings (SSSR count). The lowest BCUT2D eigenvalue weighted by atomic mass is 10.3. The van der Waals surface area contributed by atoms with Gasteiger partial charge in [0.25, 0.3) is 5.56 Å². The first-order valence-electron chi connectivity index (χ1n) is 7.17. The first-order chi connectivity index (χ1) is 11.6. The summed E-state index contributed by atoms with van der Waals surface area (Å²) in [4.78, 5) is 28.5. The zero-order valence-corrected chi connectivity index (χ0v) is 14.8. The van der Waals surface area contributed by atoms with Gasteiger partial charge in [-0.25, -0.2) is 14.3 Å². The quantitative estimate of drug-likeness (QED) is 0.655. The molecule has 124 valence electrons. The maximum Gasteiger partial charge on any atom is 0.283 e. The molecule has 1 N–H and O–H groups in total.